The predicted molar refractivity (Wildman–Crippen MR) is 96.2 cm³/mol. The number of anilines is 1. The first-order valence-corrected chi connectivity index (χ1v) is 8.76. The van der Waals surface area contributed by atoms with E-state index in [2.05, 4.69) is 10.3 Å². The Morgan fingerprint density at radius 2 is 2.00 bits per heavy atom. The molecule has 2 aromatic rings. The van der Waals surface area contributed by atoms with E-state index >= 15 is 0 Å². The Bertz CT molecular complexity index is 811. The number of nitrogens with zero attached hydrogens (tertiary/aromatic N) is 1. The number of carbonyl (C=O) groups is 1. The maximum Gasteiger partial charge on any atom is 0.254 e. The highest BCUT2D eigenvalue weighted by Crippen LogP contribution is 2.34. The van der Waals surface area contributed by atoms with E-state index in [9.17, 15) is 4.79 Å². The van der Waals surface area contributed by atoms with E-state index in [4.69, 9.17) is 19.9 Å². The van der Waals surface area contributed by atoms with Crippen LogP contribution in [0.3, 0.4) is 0 Å². The minimum absolute atomic E-state index is 0.0391. The van der Waals surface area contributed by atoms with Crippen LogP contribution in [0.5, 0.6) is 11.5 Å². The number of fused-ring (bicyclic) bond motifs is 1. The molecule has 0 unspecified atom stereocenters. The Morgan fingerprint density at radius 1 is 1.15 bits per heavy atom. The van der Waals surface area contributed by atoms with Crippen LogP contribution in [0.15, 0.2) is 36.4 Å². The van der Waals surface area contributed by atoms with Gasteiger partial charge in [-0.3, -0.25) is 4.79 Å². The normalized spacial score (nSPS) is 21.4. The zero-order valence-corrected chi connectivity index (χ0v) is 14.3. The summed E-state index contributed by atoms with van der Waals surface area (Å²) in [6, 6.07) is 11.2. The molecule has 136 valence electrons. The Balaban J connectivity index is 1.49. The van der Waals surface area contributed by atoms with Gasteiger partial charge >= 0.3 is 0 Å². The van der Waals surface area contributed by atoms with Crippen LogP contribution in [-0.2, 0) is 9.53 Å². The molecule has 2 aliphatic rings. The fourth-order valence-corrected chi connectivity index (χ4v) is 3.15. The van der Waals surface area contributed by atoms with E-state index in [1.54, 1.807) is 6.07 Å². The summed E-state index contributed by atoms with van der Waals surface area (Å²) in [5, 5.41) is 2.83. The van der Waals surface area contributed by atoms with Crippen molar-refractivity contribution >= 4 is 11.7 Å². The molecule has 0 radical (unpaired) electrons. The van der Waals surface area contributed by atoms with Crippen molar-refractivity contribution < 1.29 is 19.0 Å². The van der Waals surface area contributed by atoms with Crippen LogP contribution in [0, 0.1) is 0 Å². The average molecular weight is 355 g/mol. The Morgan fingerprint density at radius 3 is 2.81 bits per heavy atom. The zero-order valence-electron chi connectivity index (χ0n) is 14.3. The highest BCUT2D eigenvalue weighted by molar-refractivity contribution is 5.93. The van der Waals surface area contributed by atoms with Gasteiger partial charge in [-0.15, -0.1) is 0 Å². The summed E-state index contributed by atoms with van der Waals surface area (Å²) >= 11 is 0. The van der Waals surface area contributed by atoms with Gasteiger partial charge in [0.25, 0.3) is 5.91 Å². The topological polar surface area (TPSA) is 95.7 Å². The third-order valence-electron chi connectivity index (χ3n) is 4.50. The first kappa shape index (κ1) is 16.8. The minimum atomic E-state index is -0.469. The smallest absolute Gasteiger partial charge is 0.254 e. The Labute approximate surface area is 151 Å². The third kappa shape index (κ3) is 3.49. The number of benzene rings is 1. The average Bonchev–Trinajstić information content (AvgIpc) is 3.17. The zero-order chi connectivity index (χ0) is 17.9. The van der Waals surface area contributed by atoms with Crippen molar-refractivity contribution in [1.29, 1.82) is 0 Å². The van der Waals surface area contributed by atoms with E-state index in [0.717, 1.165) is 23.4 Å². The molecule has 0 spiro atoms. The van der Waals surface area contributed by atoms with Crippen molar-refractivity contribution in [1.82, 2.24) is 4.98 Å². The largest absolute Gasteiger partial charge is 0.486 e. The molecular weight excluding hydrogens is 334 g/mol. The number of carbonyl (C=O) groups excluding carboxylic acids is 1. The Kier molecular flexibility index (Phi) is 4.73. The van der Waals surface area contributed by atoms with E-state index in [-0.39, 0.29) is 12.0 Å². The third-order valence-corrected chi connectivity index (χ3v) is 4.50. The summed E-state index contributed by atoms with van der Waals surface area (Å²) in [6.45, 7) is 1.52. The van der Waals surface area contributed by atoms with Crippen LogP contribution in [-0.4, -0.2) is 42.9 Å². The lowest BCUT2D eigenvalue weighted by Gasteiger charge is -2.19. The number of hydrogen-bond donors (Lipinski definition) is 2. The number of aromatic nitrogens is 1. The fraction of sp³-hybridized carbons (Fsp3) is 0.368. The van der Waals surface area contributed by atoms with Crippen molar-refractivity contribution in [2.24, 2.45) is 5.73 Å². The Hall–Kier alpha value is -2.64. The molecular formula is C19H21N3O4. The van der Waals surface area contributed by atoms with Crippen molar-refractivity contribution in [3.63, 3.8) is 0 Å². The highest BCUT2D eigenvalue weighted by atomic mass is 16.6. The number of rotatable bonds is 4. The summed E-state index contributed by atoms with van der Waals surface area (Å²) < 4.78 is 16.8. The monoisotopic (exact) mass is 355 g/mol. The van der Waals surface area contributed by atoms with E-state index in [0.29, 0.717) is 37.7 Å². The maximum absolute atomic E-state index is 12.4. The van der Waals surface area contributed by atoms with Crippen molar-refractivity contribution in [2.75, 3.05) is 25.1 Å². The number of hydrogen-bond acceptors (Lipinski definition) is 6. The van der Waals surface area contributed by atoms with Gasteiger partial charge in [0.2, 0.25) is 0 Å². The second-order valence-corrected chi connectivity index (χ2v) is 6.32. The number of amides is 1. The summed E-state index contributed by atoms with van der Waals surface area (Å²) in [6.07, 6.45) is 0.973. The minimum Gasteiger partial charge on any atom is -0.486 e. The molecule has 1 amide bonds. The van der Waals surface area contributed by atoms with Crippen molar-refractivity contribution in [3.8, 4) is 22.8 Å². The predicted octanol–water partition coefficient (Wildman–Crippen LogP) is 1.96. The molecule has 0 bridgehead atoms. The number of nitrogens with one attached hydrogen (secondary N) is 1. The van der Waals surface area contributed by atoms with Crippen molar-refractivity contribution in [3.05, 3.63) is 36.4 Å². The van der Waals surface area contributed by atoms with Crippen LogP contribution in [0.1, 0.15) is 12.8 Å². The quantitative estimate of drug-likeness (QED) is 0.870. The molecule has 4 rings (SSSR count). The van der Waals surface area contributed by atoms with Gasteiger partial charge in [0, 0.05) is 12.1 Å². The van der Waals surface area contributed by atoms with Gasteiger partial charge in [0.05, 0.1) is 11.8 Å². The summed E-state index contributed by atoms with van der Waals surface area (Å²) in [5.74, 6) is 1.74. The maximum atomic E-state index is 12.4. The van der Waals surface area contributed by atoms with Crippen LogP contribution >= 0.6 is 0 Å². The molecule has 26 heavy (non-hydrogen) atoms. The van der Waals surface area contributed by atoms with Gasteiger partial charge in [-0.1, -0.05) is 6.07 Å². The molecule has 7 heteroatoms. The molecule has 0 saturated carbocycles. The molecule has 0 aliphatic carbocycles. The SMILES string of the molecule is NC[C@H]1CC[C@@H](C(=O)Nc2cccc(-c3ccc4c(c3)OCCO4)n2)O1. The van der Waals surface area contributed by atoms with E-state index in [1.165, 1.54) is 0 Å². The summed E-state index contributed by atoms with van der Waals surface area (Å²) in [7, 11) is 0. The molecule has 7 nitrogen and oxygen atoms in total. The van der Waals surface area contributed by atoms with Gasteiger partial charge in [-0.05, 0) is 43.2 Å². The second kappa shape index (κ2) is 7.31. The van der Waals surface area contributed by atoms with Gasteiger partial charge in [0.1, 0.15) is 25.1 Å². The van der Waals surface area contributed by atoms with Gasteiger partial charge in [-0.25, -0.2) is 4.98 Å². The van der Waals surface area contributed by atoms with Crippen molar-refractivity contribution in [2.45, 2.75) is 25.0 Å². The number of pyridine rings is 1. The number of ether oxygens (including phenoxy) is 3. The molecule has 1 saturated heterocycles. The standard InChI is InChI=1S/C19H21N3O4/c20-11-13-5-7-16(26-13)19(23)22-18-3-1-2-14(21-18)12-4-6-15-17(10-12)25-9-8-24-15/h1-4,6,10,13,16H,5,7-9,11,20H2,(H,21,22,23)/t13-,16+/m1/s1. The molecule has 3 N–H and O–H groups in total. The lowest BCUT2D eigenvalue weighted by atomic mass is 10.1. The van der Waals surface area contributed by atoms with Gasteiger partial charge in [0.15, 0.2) is 11.5 Å². The van der Waals surface area contributed by atoms with Crippen LogP contribution in [0.4, 0.5) is 5.82 Å². The molecule has 1 fully saturated rings. The lowest BCUT2D eigenvalue weighted by molar-refractivity contribution is -0.126. The first-order valence-electron chi connectivity index (χ1n) is 8.76. The summed E-state index contributed by atoms with van der Waals surface area (Å²) in [5.41, 5.74) is 7.23. The molecule has 2 aliphatic heterocycles. The van der Waals surface area contributed by atoms with Crippen LogP contribution in [0.2, 0.25) is 0 Å². The molecule has 1 aromatic heterocycles. The number of nitrogens with two attached hydrogens (primary N) is 1. The van der Waals surface area contributed by atoms with Gasteiger partial charge in [-0.2, -0.15) is 0 Å². The molecule has 3 heterocycles. The lowest BCUT2D eigenvalue weighted by Crippen LogP contribution is -2.30. The van der Waals surface area contributed by atoms with Crippen LogP contribution < -0.4 is 20.5 Å². The molecule has 2 atom stereocenters. The van der Waals surface area contributed by atoms with E-state index < -0.39 is 6.10 Å². The molecule has 1 aromatic carbocycles. The second-order valence-electron chi connectivity index (χ2n) is 6.32. The summed E-state index contributed by atoms with van der Waals surface area (Å²) in [4.78, 5) is 16.9. The first-order chi connectivity index (χ1) is 12.7. The van der Waals surface area contributed by atoms with Crippen LogP contribution in [0.25, 0.3) is 11.3 Å². The van der Waals surface area contributed by atoms with Gasteiger partial charge < -0.3 is 25.3 Å². The highest BCUT2D eigenvalue weighted by Gasteiger charge is 2.30. The van der Waals surface area contributed by atoms with E-state index in [1.807, 2.05) is 30.3 Å². The fourth-order valence-electron chi connectivity index (χ4n) is 3.15.